The number of alkyl halides is 3. The normalized spacial score (nSPS) is 15.7. The number of rotatable bonds is 4. The summed E-state index contributed by atoms with van der Waals surface area (Å²) in [5.41, 5.74) is 3.75. The van der Waals surface area contributed by atoms with E-state index >= 15 is 0 Å². The minimum atomic E-state index is -4.31. The highest BCUT2D eigenvalue weighted by atomic mass is 19.4. The van der Waals surface area contributed by atoms with Gasteiger partial charge in [0.2, 0.25) is 0 Å². The van der Waals surface area contributed by atoms with E-state index in [1.54, 1.807) is 0 Å². The molecule has 1 fully saturated rings. The Morgan fingerprint density at radius 1 is 0.862 bits per heavy atom. The summed E-state index contributed by atoms with van der Waals surface area (Å²) >= 11 is 0. The van der Waals surface area contributed by atoms with Crippen LogP contribution < -0.4 is 4.90 Å². The SMILES string of the molecule is CN1CCN(c2ccccc2Cc2ccn(-c3ccc(C(F)(F)F)cc3)c2)CC1. The van der Waals surface area contributed by atoms with Crippen molar-refractivity contribution in [1.29, 1.82) is 0 Å². The lowest BCUT2D eigenvalue weighted by molar-refractivity contribution is -0.137. The van der Waals surface area contributed by atoms with Crippen molar-refractivity contribution in [3.63, 3.8) is 0 Å². The van der Waals surface area contributed by atoms with Gasteiger partial charge in [0.1, 0.15) is 0 Å². The first kappa shape index (κ1) is 19.6. The van der Waals surface area contributed by atoms with E-state index in [1.807, 2.05) is 23.0 Å². The molecule has 0 aliphatic carbocycles. The van der Waals surface area contributed by atoms with Gasteiger partial charge in [0, 0.05) is 56.4 Å². The summed E-state index contributed by atoms with van der Waals surface area (Å²) in [6, 6.07) is 15.7. The molecule has 0 saturated carbocycles. The number of anilines is 1. The second-order valence-corrected chi connectivity index (χ2v) is 7.57. The van der Waals surface area contributed by atoms with Gasteiger partial charge < -0.3 is 14.4 Å². The maximum Gasteiger partial charge on any atom is 0.416 e. The van der Waals surface area contributed by atoms with Crippen LogP contribution in [-0.2, 0) is 12.6 Å². The number of benzene rings is 2. The number of nitrogens with zero attached hydrogens (tertiary/aromatic N) is 3. The predicted molar refractivity (Wildman–Crippen MR) is 110 cm³/mol. The second-order valence-electron chi connectivity index (χ2n) is 7.57. The Kier molecular flexibility index (Phi) is 5.37. The quantitative estimate of drug-likeness (QED) is 0.622. The number of para-hydroxylation sites is 1. The first-order valence-electron chi connectivity index (χ1n) is 9.76. The Morgan fingerprint density at radius 2 is 1.55 bits per heavy atom. The molecule has 1 aliphatic heterocycles. The molecule has 0 spiro atoms. The third-order valence-corrected chi connectivity index (χ3v) is 5.48. The number of hydrogen-bond donors (Lipinski definition) is 0. The molecule has 0 N–H and O–H groups in total. The van der Waals surface area contributed by atoms with Crippen LogP contribution in [-0.4, -0.2) is 42.7 Å². The summed E-state index contributed by atoms with van der Waals surface area (Å²) < 4.78 is 40.2. The van der Waals surface area contributed by atoms with Crippen molar-refractivity contribution in [2.75, 3.05) is 38.1 Å². The van der Waals surface area contributed by atoms with E-state index in [2.05, 4.69) is 41.1 Å². The fraction of sp³-hybridized carbons (Fsp3) is 0.304. The zero-order valence-corrected chi connectivity index (χ0v) is 16.4. The zero-order valence-electron chi connectivity index (χ0n) is 16.4. The topological polar surface area (TPSA) is 11.4 Å². The van der Waals surface area contributed by atoms with Gasteiger partial charge in [0.15, 0.2) is 0 Å². The smallest absolute Gasteiger partial charge is 0.369 e. The number of hydrogen-bond acceptors (Lipinski definition) is 2. The van der Waals surface area contributed by atoms with Crippen LogP contribution >= 0.6 is 0 Å². The Hall–Kier alpha value is -2.73. The number of likely N-dealkylation sites (N-methyl/N-ethyl adjacent to an activating group) is 1. The van der Waals surface area contributed by atoms with Crippen LogP contribution in [0.5, 0.6) is 0 Å². The molecule has 3 nitrogen and oxygen atoms in total. The van der Waals surface area contributed by atoms with Gasteiger partial charge in [-0.25, -0.2) is 0 Å². The van der Waals surface area contributed by atoms with Crippen LogP contribution in [0.2, 0.25) is 0 Å². The van der Waals surface area contributed by atoms with Crippen LogP contribution in [0.15, 0.2) is 67.0 Å². The molecule has 1 saturated heterocycles. The fourth-order valence-corrected chi connectivity index (χ4v) is 3.76. The molecule has 0 amide bonds. The van der Waals surface area contributed by atoms with E-state index in [0.717, 1.165) is 56.0 Å². The third-order valence-electron chi connectivity index (χ3n) is 5.48. The van der Waals surface area contributed by atoms with Gasteiger partial charge >= 0.3 is 6.18 Å². The van der Waals surface area contributed by atoms with Crippen LogP contribution in [0, 0.1) is 0 Å². The molecule has 4 rings (SSSR count). The van der Waals surface area contributed by atoms with Gasteiger partial charge in [-0.1, -0.05) is 18.2 Å². The summed E-state index contributed by atoms with van der Waals surface area (Å²) in [5, 5.41) is 0. The van der Waals surface area contributed by atoms with Crippen molar-refractivity contribution in [2.24, 2.45) is 0 Å². The van der Waals surface area contributed by atoms with Gasteiger partial charge in [-0.2, -0.15) is 13.2 Å². The Labute approximate surface area is 169 Å². The molecule has 2 heterocycles. The predicted octanol–water partition coefficient (Wildman–Crippen LogP) is 4.84. The molecular weight excluding hydrogens is 375 g/mol. The number of halogens is 3. The largest absolute Gasteiger partial charge is 0.416 e. The van der Waals surface area contributed by atoms with Crippen LogP contribution in [0.25, 0.3) is 5.69 Å². The molecule has 29 heavy (non-hydrogen) atoms. The molecule has 0 bridgehead atoms. The van der Waals surface area contributed by atoms with Crippen LogP contribution in [0.4, 0.5) is 18.9 Å². The minimum absolute atomic E-state index is 0.630. The molecule has 6 heteroatoms. The van der Waals surface area contributed by atoms with E-state index in [0.29, 0.717) is 0 Å². The van der Waals surface area contributed by atoms with Crippen LogP contribution in [0.3, 0.4) is 0 Å². The molecule has 0 unspecified atom stereocenters. The highest BCUT2D eigenvalue weighted by Gasteiger charge is 2.30. The molecule has 0 atom stereocenters. The lowest BCUT2D eigenvalue weighted by atomic mass is 10.0. The van der Waals surface area contributed by atoms with Gasteiger partial charge in [-0.15, -0.1) is 0 Å². The molecule has 152 valence electrons. The third kappa shape index (κ3) is 4.48. The molecular formula is C23H24F3N3. The molecule has 1 aliphatic rings. The Bertz CT molecular complexity index is 952. The van der Waals surface area contributed by atoms with Crippen molar-refractivity contribution < 1.29 is 13.2 Å². The van der Waals surface area contributed by atoms with Gasteiger partial charge in [-0.05, 0) is 54.6 Å². The van der Waals surface area contributed by atoms with Gasteiger partial charge in [0.05, 0.1) is 5.56 Å². The Morgan fingerprint density at radius 3 is 2.24 bits per heavy atom. The fourth-order valence-electron chi connectivity index (χ4n) is 3.76. The van der Waals surface area contributed by atoms with E-state index in [4.69, 9.17) is 0 Å². The average Bonchev–Trinajstić information content (AvgIpc) is 3.17. The van der Waals surface area contributed by atoms with Gasteiger partial charge in [-0.3, -0.25) is 0 Å². The summed E-state index contributed by atoms with van der Waals surface area (Å²) in [6.07, 6.45) is 0.364. The lowest BCUT2D eigenvalue weighted by Gasteiger charge is -2.35. The first-order valence-corrected chi connectivity index (χ1v) is 9.76. The van der Waals surface area contributed by atoms with Crippen molar-refractivity contribution in [1.82, 2.24) is 9.47 Å². The summed E-state index contributed by atoms with van der Waals surface area (Å²) in [7, 11) is 2.15. The minimum Gasteiger partial charge on any atom is -0.369 e. The monoisotopic (exact) mass is 399 g/mol. The molecule has 2 aromatic carbocycles. The van der Waals surface area contributed by atoms with E-state index in [-0.39, 0.29) is 0 Å². The maximum atomic E-state index is 12.8. The highest BCUT2D eigenvalue weighted by Crippen LogP contribution is 2.30. The number of piperazine rings is 1. The summed E-state index contributed by atoms with van der Waals surface area (Å²) in [5.74, 6) is 0. The van der Waals surface area contributed by atoms with Gasteiger partial charge in [0.25, 0.3) is 0 Å². The summed E-state index contributed by atoms with van der Waals surface area (Å²) in [6.45, 7) is 4.14. The van der Waals surface area contributed by atoms with Crippen molar-refractivity contribution in [2.45, 2.75) is 12.6 Å². The summed E-state index contributed by atoms with van der Waals surface area (Å²) in [4.78, 5) is 4.77. The number of aromatic nitrogens is 1. The van der Waals surface area contributed by atoms with E-state index in [9.17, 15) is 13.2 Å². The van der Waals surface area contributed by atoms with Crippen molar-refractivity contribution in [3.8, 4) is 5.69 Å². The molecule has 1 aromatic heterocycles. The second kappa shape index (κ2) is 7.95. The standard InChI is InChI=1S/C23H24F3N3/c1-27-12-14-28(15-13-27)22-5-3-2-4-19(22)16-18-10-11-29(17-18)21-8-6-20(7-9-21)23(24,25)26/h2-11,17H,12-16H2,1H3. The highest BCUT2D eigenvalue weighted by molar-refractivity contribution is 5.55. The zero-order chi connectivity index (χ0) is 20.4. The average molecular weight is 399 g/mol. The lowest BCUT2D eigenvalue weighted by Crippen LogP contribution is -2.44. The first-order chi connectivity index (χ1) is 13.9. The molecule has 3 aromatic rings. The van der Waals surface area contributed by atoms with E-state index < -0.39 is 11.7 Å². The molecule has 0 radical (unpaired) electrons. The van der Waals surface area contributed by atoms with Crippen LogP contribution in [0.1, 0.15) is 16.7 Å². The van der Waals surface area contributed by atoms with Crippen molar-refractivity contribution >= 4 is 5.69 Å². The van der Waals surface area contributed by atoms with E-state index in [1.165, 1.54) is 23.4 Å². The van der Waals surface area contributed by atoms with Crippen molar-refractivity contribution in [3.05, 3.63) is 83.7 Å². The maximum absolute atomic E-state index is 12.8. The Balaban J connectivity index is 1.51.